The maximum Gasteiger partial charge on any atom is 0.230 e. The van der Waals surface area contributed by atoms with E-state index in [0.717, 1.165) is 5.56 Å². The highest BCUT2D eigenvalue weighted by molar-refractivity contribution is 7.99. The average molecular weight is 278 g/mol. The van der Waals surface area contributed by atoms with Crippen LogP contribution in [0.3, 0.4) is 0 Å². The van der Waals surface area contributed by atoms with Crippen molar-refractivity contribution < 1.29 is 4.79 Å². The van der Waals surface area contributed by atoms with E-state index in [0.29, 0.717) is 15.8 Å². The summed E-state index contributed by atoms with van der Waals surface area (Å²) in [5, 5.41) is 4.04. The maximum absolute atomic E-state index is 11.4. The molecule has 0 spiro atoms. The summed E-state index contributed by atoms with van der Waals surface area (Å²) < 4.78 is 0. The van der Waals surface area contributed by atoms with Crippen molar-refractivity contribution >= 4 is 40.9 Å². The quantitative estimate of drug-likeness (QED) is 0.912. The summed E-state index contributed by atoms with van der Waals surface area (Å²) in [6, 6.07) is 5.16. The zero-order chi connectivity index (χ0) is 12.1. The van der Waals surface area contributed by atoms with Gasteiger partial charge in [-0.3, -0.25) is 4.79 Å². The van der Waals surface area contributed by atoms with Crippen LogP contribution in [0.25, 0.3) is 0 Å². The molecule has 0 saturated heterocycles. The first-order valence-corrected chi connectivity index (χ1v) is 6.93. The fourth-order valence-electron chi connectivity index (χ4n) is 1.34. The summed E-state index contributed by atoms with van der Waals surface area (Å²) in [4.78, 5) is 11.4. The van der Waals surface area contributed by atoms with Crippen molar-refractivity contribution in [2.24, 2.45) is 0 Å². The molecular weight excluding hydrogens is 265 g/mol. The second-order valence-corrected chi connectivity index (χ2v) is 5.10. The van der Waals surface area contributed by atoms with E-state index in [1.54, 1.807) is 12.1 Å². The Morgan fingerprint density at radius 1 is 1.50 bits per heavy atom. The van der Waals surface area contributed by atoms with E-state index in [9.17, 15) is 4.79 Å². The van der Waals surface area contributed by atoms with Gasteiger partial charge in [0.25, 0.3) is 0 Å². The van der Waals surface area contributed by atoms with E-state index in [1.165, 1.54) is 11.8 Å². The summed E-state index contributed by atoms with van der Waals surface area (Å²) in [5.74, 6) is 0.459. The van der Waals surface area contributed by atoms with Crippen molar-refractivity contribution in [3.05, 3.63) is 33.8 Å². The number of nitrogens with one attached hydrogen (secondary N) is 1. The van der Waals surface area contributed by atoms with Crippen LogP contribution in [-0.4, -0.2) is 17.9 Å². The third-order valence-corrected chi connectivity index (χ3v) is 3.20. The van der Waals surface area contributed by atoms with Gasteiger partial charge in [-0.15, -0.1) is 0 Å². The van der Waals surface area contributed by atoms with Gasteiger partial charge >= 0.3 is 0 Å². The van der Waals surface area contributed by atoms with Crippen LogP contribution in [0.15, 0.2) is 18.2 Å². The molecule has 1 amide bonds. The number of hydrogen-bond acceptors (Lipinski definition) is 2. The van der Waals surface area contributed by atoms with Gasteiger partial charge in [0.15, 0.2) is 0 Å². The van der Waals surface area contributed by atoms with Crippen molar-refractivity contribution in [3.8, 4) is 0 Å². The first-order valence-electron chi connectivity index (χ1n) is 4.78. The molecular formula is C11H13Cl2NOS. The summed E-state index contributed by atoms with van der Waals surface area (Å²) in [6.07, 6.45) is 1.89. The monoisotopic (exact) mass is 277 g/mol. The molecule has 1 rings (SSSR count). The minimum atomic E-state index is -0.107. The molecule has 5 heteroatoms. The minimum Gasteiger partial charge on any atom is -0.349 e. The molecule has 1 N–H and O–H groups in total. The van der Waals surface area contributed by atoms with Crippen molar-refractivity contribution in [1.82, 2.24) is 5.32 Å². The zero-order valence-electron chi connectivity index (χ0n) is 9.09. The number of benzene rings is 1. The molecule has 0 aliphatic carbocycles. The lowest BCUT2D eigenvalue weighted by atomic mass is 10.1. The van der Waals surface area contributed by atoms with Crippen molar-refractivity contribution in [2.75, 3.05) is 12.0 Å². The molecule has 0 radical (unpaired) electrons. The average Bonchev–Trinajstić information content (AvgIpc) is 2.17. The molecule has 1 atom stereocenters. The lowest BCUT2D eigenvalue weighted by Gasteiger charge is -2.15. The predicted molar refractivity (Wildman–Crippen MR) is 71.4 cm³/mol. The largest absolute Gasteiger partial charge is 0.349 e. The van der Waals surface area contributed by atoms with Gasteiger partial charge in [0, 0.05) is 10.0 Å². The summed E-state index contributed by atoms with van der Waals surface area (Å²) in [6.45, 7) is 1.90. The van der Waals surface area contributed by atoms with E-state index < -0.39 is 0 Å². The smallest absolute Gasteiger partial charge is 0.230 e. The molecule has 0 aromatic heterocycles. The fourth-order valence-corrected chi connectivity index (χ4v) is 2.26. The standard InChI is InChI=1S/C11H13Cl2NOS/c1-7(14-11(15)6-16-2)9-4-3-8(12)5-10(9)13/h3-5,7H,6H2,1-2H3,(H,14,15). The normalized spacial score (nSPS) is 12.2. The number of halogens is 2. The molecule has 1 aromatic rings. The van der Waals surface area contributed by atoms with Crippen LogP contribution in [0.2, 0.25) is 10.0 Å². The van der Waals surface area contributed by atoms with Crippen molar-refractivity contribution in [1.29, 1.82) is 0 Å². The molecule has 0 heterocycles. The van der Waals surface area contributed by atoms with E-state index in [2.05, 4.69) is 5.32 Å². The fraction of sp³-hybridized carbons (Fsp3) is 0.364. The molecule has 0 bridgehead atoms. The molecule has 0 saturated carbocycles. The van der Waals surface area contributed by atoms with E-state index in [1.807, 2.05) is 19.2 Å². The van der Waals surface area contributed by atoms with E-state index in [4.69, 9.17) is 23.2 Å². The Morgan fingerprint density at radius 2 is 2.19 bits per heavy atom. The first-order chi connectivity index (χ1) is 7.54. The van der Waals surface area contributed by atoms with Crippen molar-refractivity contribution in [3.63, 3.8) is 0 Å². The summed E-state index contributed by atoms with van der Waals surface area (Å²) in [7, 11) is 0. The molecule has 88 valence electrons. The van der Waals surface area contributed by atoms with Crippen LogP contribution in [0, 0.1) is 0 Å². The Balaban J connectivity index is 2.72. The highest BCUT2D eigenvalue weighted by Crippen LogP contribution is 2.25. The van der Waals surface area contributed by atoms with Gasteiger partial charge in [0.05, 0.1) is 11.8 Å². The summed E-state index contributed by atoms with van der Waals surface area (Å²) in [5.41, 5.74) is 0.875. The number of carbonyl (C=O) groups is 1. The van der Waals surface area contributed by atoms with Gasteiger partial charge in [-0.1, -0.05) is 29.3 Å². The van der Waals surface area contributed by atoms with Gasteiger partial charge in [0.1, 0.15) is 0 Å². The SMILES string of the molecule is CSCC(=O)NC(C)c1ccc(Cl)cc1Cl. The van der Waals surface area contributed by atoms with E-state index >= 15 is 0 Å². The van der Waals surface area contributed by atoms with Gasteiger partial charge in [-0.25, -0.2) is 0 Å². The van der Waals surface area contributed by atoms with E-state index in [-0.39, 0.29) is 11.9 Å². The Morgan fingerprint density at radius 3 is 2.75 bits per heavy atom. The van der Waals surface area contributed by atoms with Crippen molar-refractivity contribution in [2.45, 2.75) is 13.0 Å². The first kappa shape index (κ1) is 13.7. The van der Waals surface area contributed by atoms with Crippen LogP contribution >= 0.6 is 35.0 Å². The van der Waals surface area contributed by atoms with Crippen LogP contribution in [0.5, 0.6) is 0 Å². The van der Waals surface area contributed by atoms with Crippen LogP contribution in [0.1, 0.15) is 18.5 Å². The van der Waals surface area contributed by atoms with Crippen LogP contribution in [-0.2, 0) is 4.79 Å². The zero-order valence-corrected chi connectivity index (χ0v) is 11.4. The summed E-state index contributed by atoms with van der Waals surface area (Å²) >= 11 is 13.3. The molecule has 1 aromatic carbocycles. The molecule has 0 aliphatic rings. The molecule has 0 fully saturated rings. The predicted octanol–water partition coefficient (Wildman–Crippen LogP) is 3.53. The molecule has 2 nitrogen and oxygen atoms in total. The number of amides is 1. The Bertz CT molecular complexity index is 384. The second kappa shape index (κ2) is 6.38. The third-order valence-electron chi connectivity index (χ3n) is 2.08. The highest BCUT2D eigenvalue weighted by Gasteiger charge is 2.12. The Hall–Kier alpha value is -0.380. The van der Waals surface area contributed by atoms with Gasteiger partial charge in [-0.2, -0.15) is 11.8 Å². The molecule has 16 heavy (non-hydrogen) atoms. The number of carbonyl (C=O) groups excluding carboxylic acids is 1. The molecule has 1 unspecified atom stereocenters. The highest BCUT2D eigenvalue weighted by atomic mass is 35.5. The second-order valence-electron chi connectivity index (χ2n) is 3.39. The van der Waals surface area contributed by atoms with Gasteiger partial charge in [-0.05, 0) is 30.9 Å². The number of thioether (sulfide) groups is 1. The Kier molecular flexibility index (Phi) is 5.46. The molecule has 0 aliphatic heterocycles. The lowest BCUT2D eigenvalue weighted by Crippen LogP contribution is -2.28. The minimum absolute atomic E-state index is 0.00557. The van der Waals surface area contributed by atoms with Gasteiger partial charge in [0.2, 0.25) is 5.91 Å². The Labute approximate surface area is 110 Å². The van der Waals surface area contributed by atoms with Gasteiger partial charge < -0.3 is 5.32 Å². The van der Waals surface area contributed by atoms with Crippen LogP contribution in [0.4, 0.5) is 0 Å². The third kappa shape index (κ3) is 3.89. The van der Waals surface area contributed by atoms with Crippen LogP contribution < -0.4 is 5.32 Å². The lowest BCUT2D eigenvalue weighted by molar-refractivity contribution is -0.119. The number of rotatable bonds is 4. The maximum atomic E-state index is 11.4. The number of hydrogen-bond donors (Lipinski definition) is 1. The topological polar surface area (TPSA) is 29.1 Å².